The lowest BCUT2D eigenvalue weighted by Crippen LogP contribution is -2.47. The molecule has 2 rings (SSSR count). The Hall–Kier alpha value is -1.34. The molecule has 1 aliphatic rings. The number of hydrogen-bond acceptors (Lipinski definition) is 5. The van der Waals surface area contributed by atoms with Crippen LogP contribution in [0.2, 0.25) is 5.02 Å². The second kappa shape index (κ2) is 4.97. The third-order valence-corrected chi connectivity index (χ3v) is 5.21. The average Bonchev–Trinajstić information content (AvgIpc) is 2.29. The minimum atomic E-state index is -3.04. The van der Waals surface area contributed by atoms with Crippen LogP contribution in [0.1, 0.15) is 17.3 Å². The monoisotopic (exact) mass is 304 g/mol. The highest BCUT2D eigenvalue weighted by Crippen LogP contribution is 2.29. The van der Waals surface area contributed by atoms with E-state index in [9.17, 15) is 13.2 Å². The smallest absolute Gasteiger partial charge is 0.337 e. The van der Waals surface area contributed by atoms with Crippen LogP contribution in [-0.2, 0) is 9.84 Å². The molecule has 1 aromatic rings. The van der Waals surface area contributed by atoms with Crippen molar-refractivity contribution < 1.29 is 18.3 Å². The third-order valence-electron chi connectivity index (χ3n) is 3.04. The molecule has 0 aromatic carbocycles. The van der Waals surface area contributed by atoms with E-state index in [-0.39, 0.29) is 34.7 Å². The van der Waals surface area contributed by atoms with Crippen LogP contribution in [0.3, 0.4) is 0 Å². The molecule has 1 unspecified atom stereocenters. The molecule has 0 saturated carbocycles. The molecular weight excluding hydrogens is 292 g/mol. The average molecular weight is 305 g/mol. The number of carbonyl (C=O) groups is 1. The van der Waals surface area contributed by atoms with Gasteiger partial charge in [0.25, 0.3) is 0 Å². The summed E-state index contributed by atoms with van der Waals surface area (Å²) in [6.07, 6.45) is 1.36. The Morgan fingerprint density at radius 3 is 2.84 bits per heavy atom. The summed E-state index contributed by atoms with van der Waals surface area (Å²) in [6, 6.07) is 1.03. The zero-order chi connectivity index (χ0) is 14.2. The summed E-state index contributed by atoms with van der Waals surface area (Å²) in [5.74, 6) is -0.774. The van der Waals surface area contributed by atoms with Gasteiger partial charge in [-0.25, -0.2) is 18.2 Å². The standard InChI is InChI=1S/C11H13ClN2O4S/c1-7-6-19(17,18)5-4-14(7)10-9(12)8(11(15)16)2-3-13-10/h2-3,7H,4-6H2,1H3,(H,15,16). The Morgan fingerprint density at radius 2 is 2.26 bits per heavy atom. The number of sulfone groups is 1. The number of anilines is 1. The molecule has 19 heavy (non-hydrogen) atoms. The van der Waals surface area contributed by atoms with Gasteiger partial charge >= 0.3 is 5.97 Å². The van der Waals surface area contributed by atoms with Crippen LogP contribution in [0.5, 0.6) is 0 Å². The van der Waals surface area contributed by atoms with Crippen LogP contribution in [-0.4, -0.2) is 48.6 Å². The van der Waals surface area contributed by atoms with Gasteiger partial charge in [-0.15, -0.1) is 0 Å². The van der Waals surface area contributed by atoms with Gasteiger partial charge in [-0.1, -0.05) is 11.6 Å². The van der Waals surface area contributed by atoms with Crippen molar-refractivity contribution >= 4 is 33.2 Å². The SMILES string of the molecule is CC1CS(=O)(=O)CCN1c1nccc(C(=O)O)c1Cl. The molecule has 6 nitrogen and oxygen atoms in total. The molecule has 0 radical (unpaired) electrons. The molecule has 1 fully saturated rings. The van der Waals surface area contributed by atoms with E-state index in [2.05, 4.69) is 4.98 Å². The molecule has 1 aliphatic heterocycles. The molecule has 0 aliphatic carbocycles. The van der Waals surface area contributed by atoms with E-state index in [0.717, 1.165) is 0 Å². The van der Waals surface area contributed by atoms with Crippen LogP contribution < -0.4 is 4.90 Å². The van der Waals surface area contributed by atoms with Crippen LogP contribution in [0.4, 0.5) is 5.82 Å². The zero-order valence-corrected chi connectivity index (χ0v) is 11.8. The van der Waals surface area contributed by atoms with Gasteiger partial charge in [-0.05, 0) is 13.0 Å². The molecule has 0 bridgehead atoms. The van der Waals surface area contributed by atoms with E-state index in [4.69, 9.17) is 16.7 Å². The van der Waals surface area contributed by atoms with Gasteiger partial charge in [0.15, 0.2) is 9.84 Å². The predicted octanol–water partition coefficient (Wildman–Crippen LogP) is 1.06. The Labute approximate surface area is 115 Å². The topological polar surface area (TPSA) is 87.6 Å². The van der Waals surface area contributed by atoms with Gasteiger partial charge in [-0.3, -0.25) is 0 Å². The van der Waals surface area contributed by atoms with E-state index in [0.29, 0.717) is 5.82 Å². The fraction of sp³-hybridized carbons (Fsp3) is 0.455. The summed E-state index contributed by atoms with van der Waals surface area (Å²) in [5.41, 5.74) is -0.0349. The first-order chi connectivity index (χ1) is 8.82. The number of aromatic carboxylic acids is 1. The summed E-state index contributed by atoms with van der Waals surface area (Å²) < 4.78 is 23.0. The maximum atomic E-state index is 11.5. The Balaban J connectivity index is 2.38. The third kappa shape index (κ3) is 2.82. The summed E-state index contributed by atoms with van der Waals surface area (Å²) in [6.45, 7) is 2.02. The molecule has 8 heteroatoms. The fourth-order valence-corrected chi connectivity index (χ4v) is 3.97. The van der Waals surface area contributed by atoms with Crippen LogP contribution in [0, 0.1) is 0 Å². The van der Waals surface area contributed by atoms with Crippen molar-refractivity contribution in [2.24, 2.45) is 0 Å². The maximum absolute atomic E-state index is 11.5. The first kappa shape index (κ1) is 14.1. The first-order valence-corrected chi connectivity index (χ1v) is 7.86. The normalized spacial score (nSPS) is 22.2. The molecule has 1 saturated heterocycles. The van der Waals surface area contributed by atoms with E-state index in [1.165, 1.54) is 12.3 Å². The number of halogens is 1. The number of hydrogen-bond donors (Lipinski definition) is 1. The van der Waals surface area contributed by atoms with E-state index < -0.39 is 15.8 Å². The molecule has 1 N–H and O–H groups in total. The predicted molar refractivity (Wildman–Crippen MR) is 71.7 cm³/mol. The van der Waals surface area contributed by atoms with E-state index in [1.807, 2.05) is 0 Å². The number of carboxylic acid groups (broad SMARTS) is 1. The highest BCUT2D eigenvalue weighted by Gasteiger charge is 2.30. The highest BCUT2D eigenvalue weighted by atomic mass is 35.5. The van der Waals surface area contributed by atoms with E-state index in [1.54, 1.807) is 11.8 Å². The Morgan fingerprint density at radius 1 is 1.58 bits per heavy atom. The first-order valence-electron chi connectivity index (χ1n) is 5.66. The van der Waals surface area contributed by atoms with Gasteiger partial charge in [0, 0.05) is 18.8 Å². The fourth-order valence-electron chi connectivity index (χ4n) is 2.11. The highest BCUT2D eigenvalue weighted by molar-refractivity contribution is 7.91. The molecule has 2 heterocycles. The van der Waals surface area contributed by atoms with Crippen molar-refractivity contribution in [2.75, 3.05) is 23.0 Å². The Kier molecular flexibility index (Phi) is 3.69. The van der Waals surface area contributed by atoms with Crippen molar-refractivity contribution in [3.05, 3.63) is 22.8 Å². The van der Waals surface area contributed by atoms with Crippen molar-refractivity contribution in [2.45, 2.75) is 13.0 Å². The Bertz CT molecular complexity index is 617. The number of carboxylic acids is 1. The molecular formula is C11H13ClN2O4S. The minimum absolute atomic E-state index is 0.0162. The quantitative estimate of drug-likeness (QED) is 0.879. The number of aromatic nitrogens is 1. The lowest BCUT2D eigenvalue weighted by Gasteiger charge is -2.34. The van der Waals surface area contributed by atoms with Gasteiger partial charge in [0.1, 0.15) is 5.82 Å². The van der Waals surface area contributed by atoms with Crippen molar-refractivity contribution in [3.8, 4) is 0 Å². The molecule has 104 valence electrons. The maximum Gasteiger partial charge on any atom is 0.337 e. The molecule has 0 spiro atoms. The summed E-state index contributed by atoms with van der Waals surface area (Å²) in [4.78, 5) is 16.8. The molecule has 1 aromatic heterocycles. The molecule has 0 amide bonds. The van der Waals surface area contributed by atoms with Crippen molar-refractivity contribution in [1.82, 2.24) is 4.98 Å². The number of rotatable bonds is 2. The molecule has 1 atom stereocenters. The van der Waals surface area contributed by atoms with Crippen molar-refractivity contribution in [3.63, 3.8) is 0 Å². The van der Waals surface area contributed by atoms with Crippen LogP contribution >= 0.6 is 11.6 Å². The zero-order valence-electron chi connectivity index (χ0n) is 10.2. The minimum Gasteiger partial charge on any atom is -0.478 e. The van der Waals surface area contributed by atoms with Gasteiger partial charge in [-0.2, -0.15) is 0 Å². The largest absolute Gasteiger partial charge is 0.478 e. The van der Waals surface area contributed by atoms with Crippen LogP contribution in [0.25, 0.3) is 0 Å². The van der Waals surface area contributed by atoms with Gasteiger partial charge in [0.2, 0.25) is 0 Å². The van der Waals surface area contributed by atoms with Crippen LogP contribution in [0.15, 0.2) is 12.3 Å². The lowest BCUT2D eigenvalue weighted by molar-refractivity contribution is 0.0697. The van der Waals surface area contributed by atoms with Crippen molar-refractivity contribution in [1.29, 1.82) is 0 Å². The summed E-state index contributed by atoms with van der Waals surface area (Å²) in [7, 11) is -3.04. The second-order valence-corrected chi connectivity index (χ2v) is 7.06. The van der Waals surface area contributed by atoms with Gasteiger partial charge in [0.05, 0.1) is 22.1 Å². The lowest BCUT2D eigenvalue weighted by atomic mass is 10.2. The second-order valence-electron chi connectivity index (χ2n) is 4.46. The summed E-state index contributed by atoms with van der Waals surface area (Å²) in [5, 5.41) is 9.05. The number of nitrogens with zero attached hydrogens (tertiary/aromatic N) is 2. The number of pyridine rings is 1. The van der Waals surface area contributed by atoms with E-state index >= 15 is 0 Å². The van der Waals surface area contributed by atoms with Gasteiger partial charge < -0.3 is 10.0 Å². The summed E-state index contributed by atoms with van der Waals surface area (Å²) >= 11 is 6.04.